The molecule has 2 heteroatoms. The first-order valence-corrected chi connectivity index (χ1v) is 8.39. The molecule has 22 heavy (non-hydrogen) atoms. The van der Waals surface area contributed by atoms with Crippen molar-refractivity contribution < 1.29 is 4.57 Å². The number of benzene rings is 2. The maximum Gasteiger partial charge on any atom is 0.220 e. The first-order valence-electron chi connectivity index (χ1n) is 7.51. The summed E-state index contributed by atoms with van der Waals surface area (Å²) in [7, 11) is 2.13. The SMILES string of the molecule is Cc1ccc2c(-c3cc4sccc4cc3C)[n+](C)ccc2c1. The first-order chi connectivity index (χ1) is 10.6. The average Bonchev–Trinajstić information content (AvgIpc) is 2.94. The third-order valence-electron chi connectivity index (χ3n) is 4.35. The highest BCUT2D eigenvalue weighted by Gasteiger charge is 2.17. The summed E-state index contributed by atoms with van der Waals surface area (Å²) in [6.07, 6.45) is 2.16. The maximum absolute atomic E-state index is 2.34. The molecule has 0 aliphatic rings. The van der Waals surface area contributed by atoms with E-state index in [4.69, 9.17) is 0 Å². The van der Waals surface area contributed by atoms with Crippen molar-refractivity contribution in [3.05, 3.63) is 65.2 Å². The van der Waals surface area contributed by atoms with Gasteiger partial charge in [0.25, 0.3) is 0 Å². The Bertz CT molecular complexity index is 1010. The smallest absolute Gasteiger partial charge is 0.200 e. The molecular weight excluding hydrogens is 286 g/mol. The Morgan fingerprint density at radius 3 is 2.64 bits per heavy atom. The fourth-order valence-corrected chi connectivity index (χ4v) is 4.02. The molecule has 2 heterocycles. The lowest BCUT2D eigenvalue weighted by atomic mass is 9.98. The predicted octanol–water partition coefficient (Wildman–Crippen LogP) is 5.16. The molecule has 0 radical (unpaired) electrons. The molecule has 0 bridgehead atoms. The molecule has 4 aromatic rings. The second-order valence-corrected chi connectivity index (χ2v) is 6.94. The minimum absolute atomic E-state index is 1.30. The van der Waals surface area contributed by atoms with E-state index in [1.54, 1.807) is 0 Å². The summed E-state index contributed by atoms with van der Waals surface area (Å²) >= 11 is 1.81. The molecule has 0 unspecified atom stereocenters. The molecule has 0 saturated heterocycles. The molecule has 0 spiro atoms. The number of aryl methyl sites for hydroxylation is 3. The molecule has 0 N–H and O–H groups in total. The zero-order valence-electron chi connectivity index (χ0n) is 13.1. The van der Waals surface area contributed by atoms with E-state index < -0.39 is 0 Å². The maximum atomic E-state index is 2.34. The molecule has 2 aromatic heterocycles. The number of hydrogen-bond acceptors (Lipinski definition) is 1. The van der Waals surface area contributed by atoms with E-state index in [0.29, 0.717) is 0 Å². The van der Waals surface area contributed by atoms with Gasteiger partial charge in [-0.1, -0.05) is 17.7 Å². The third-order valence-corrected chi connectivity index (χ3v) is 5.23. The Labute approximate surface area is 134 Å². The van der Waals surface area contributed by atoms with Gasteiger partial charge in [0.15, 0.2) is 6.20 Å². The predicted molar refractivity (Wildman–Crippen MR) is 95.4 cm³/mol. The number of nitrogens with zero attached hydrogens (tertiary/aromatic N) is 1. The summed E-state index contributed by atoms with van der Waals surface area (Å²) in [4.78, 5) is 0. The van der Waals surface area contributed by atoms with Gasteiger partial charge in [-0.15, -0.1) is 11.3 Å². The Kier molecular flexibility index (Phi) is 3.02. The van der Waals surface area contributed by atoms with Crippen molar-refractivity contribution >= 4 is 32.2 Å². The molecule has 0 amide bonds. The second-order valence-electron chi connectivity index (χ2n) is 5.99. The highest BCUT2D eigenvalue weighted by molar-refractivity contribution is 7.17. The standard InChI is InChI=1S/C20H18NS/c1-13-4-5-17-15(10-13)6-8-21(3)20(17)18-12-19-16(7-9-22-19)11-14(18)2/h4-12H,1-3H3/q+1. The highest BCUT2D eigenvalue weighted by atomic mass is 32.1. The number of fused-ring (bicyclic) bond motifs is 2. The van der Waals surface area contributed by atoms with E-state index in [2.05, 4.69) is 79.5 Å². The number of rotatable bonds is 1. The van der Waals surface area contributed by atoms with Crippen LogP contribution in [-0.2, 0) is 7.05 Å². The molecule has 2 aromatic carbocycles. The van der Waals surface area contributed by atoms with Crippen LogP contribution in [0.25, 0.3) is 32.1 Å². The summed E-state index contributed by atoms with van der Waals surface area (Å²) in [6, 6.07) is 15.7. The zero-order valence-corrected chi connectivity index (χ0v) is 13.9. The largest absolute Gasteiger partial charge is 0.220 e. The molecule has 0 fully saturated rings. The van der Waals surface area contributed by atoms with Crippen LogP contribution >= 0.6 is 11.3 Å². The van der Waals surface area contributed by atoms with Gasteiger partial charge in [-0.2, -0.15) is 0 Å². The van der Waals surface area contributed by atoms with Gasteiger partial charge in [-0.3, -0.25) is 0 Å². The van der Waals surface area contributed by atoms with Crippen LogP contribution in [0, 0.1) is 13.8 Å². The van der Waals surface area contributed by atoms with Crippen molar-refractivity contribution in [2.75, 3.05) is 0 Å². The molecule has 108 valence electrons. The van der Waals surface area contributed by atoms with E-state index >= 15 is 0 Å². The summed E-state index contributed by atoms with van der Waals surface area (Å²) in [5.74, 6) is 0. The number of aromatic nitrogens is 1. The normalized spacial score (nSPS) is 11.4. The number of thiophene rings is 1. The second kappa shape index (κ2) is 4.92. The minimum atomic E-state index is 1.30. The van der Waals surface area contributed by atoms with E-state index in [1.807, 2.05) is 11.3 Å². The first kappa shape index (κ1) is 13.5. The Morgan fingerprint density at radius 2 is 1.77 bits per heavy atom. The topological polar surface area (TPSA) is 3.88 Å². The Morgan fingerprint density at radius 1 is 0.909 bits per heavy atom. The van der Waals surface area contributed by atoms with Crippen LogP contribution in [0.5, 0.6) is 0 Å². The van der Waals surface area contributed by atoms with Crippen LogP contribution < -0.4 is 4.57 Å². The van der Waals surface area contributed by atoms with E-state index in [1.165, 1.54) is 43.2 Å². The lowest BCUT2D eigenvalue weighted by molar-refractivity contribution is -0.659. The Hall–Kier alpha value is -2.19. The van der Waals surface area contributed by atoms with E-state index in [9.17, 15) is 0 Å². The van der Waals surface area contributed by atoms with E-state index in [0.717, 1.165) is 0 Å². The summed E-state index contributed by atoms with van der Waals surface area (Å²) in [5, 5.41) is 6.12. The van der Waals surface area contributed by atoms with Gasteiger partial charge >= 0.3 is 0 Å². The van der Waals surface area contributed by atoms with Crippen LogP contribution in [-0.4, -0.2) is 0 Å². The van der Waals surface area contributed by atoms with E-state index in [-0.39, 0.29) is 0 Å². The summed E-state index contributed by atoms with van der Waals surface area (Å²) < 4.78 is 3.59. The van der Waals surface area contributed by atoms with Crippen LogP contribution in [0.4, 0.5) is 0 Å². The molecular formula is C20H18NS+. The lowest BCUT2D eigenvalue weighted by Crippen LogP contribution is -2.30. The van der Waals surface area contributed by atoms with Gasteiger partial charge in [0, 0.05) is 10.8 Å². The van der Waals surface area contributed by atoms with Crippen molar-refractivity contribution in [1.29, 1.82) is 0 Å². The summed E-state index contributed by atoms with van der Waals surface area (Å²) in [5.41, 5.74) is 5.25. The lowest BCUT2D eigenvalue weighted by Gasteiger charge is -2.09. The molecule has 0 aliphatic carbocycles. The van der Waals surface area contributed by atoms with Crippen LogP contribution in [0.2, 0.25) is 0 Å². The quantitative estimate of drug-likeness (QED) is 0.427. The van der Waals surface area contributed by atoms with Crippen molar-refractivity contribution in [1.82, 2.24) is 0 Å². The van der Waals surface area contributed by atoms with Crippen molar-refractivity contribution in [2.45, 2.75) is 13.8 Å². The fourth-order valence-electron chi connectivity index (χ4n) is 3.21. The van der Waals surface area contributed by atoms with Crippen molar-refractivity contribution in [2.24, 2.45) is 7.05 Å². The van der Waals surface area contributed by atoms with Gasteiger partial charge in [-0.25, -0.2) is 4.57 Å². The van der Waals surface area contributed by atoms with Gasteiger partial charge in [0.1, 0.15) is 7.05 Å². The Balaban J connectivity index is 2.10. The molecule has 0 atom stereocenters. The number of pyridine rings is 1. The third kappa shape index (κ3) is 2.03. The van der Waals surface area contributed by atoms with Crippen LogP contribution in [0.15, 0.2) is 54.0 Å². The molecule has 0 saturated carbocycles. The van der Waals surface area contributed by atoms with Crippen LogP contribution in [0.1, 0.15) is 11.1 Å². The molecule has 0 aliphatic heterocycles. The highest BCUT2D eigenvalue weighted by Crippen LogP contribution is 2.33. The van der Waals surface area contributed by atoms with Crippen molar-refractivity contribution in [3.63, 3.8) is 0 Å². The van der Waals surface area contributed by atoms with Crippen LogP contribution in [0.3, 0.4) is 0 Å². The fraction of sp³-hybridized carbons (Fsp3) is 0.150. The zero-order chi connectivity index (χ0) is 15.3. The van der Waals surface area contributed by atoms with Gasteiger partial charge in [-0.05, 0) is 59.8 Å². The number of hydrogen-bond donors (Lipinski definition) is 0. The van der Waals surface area contributed by atoms with Gasteiger partial charge < -0.3 is 0 Å². The minimum Gasteiger partial charge on any atom is -0.200 e. The van der Waals surface area contributed by atoms with Crippen molar-refractivity contribution in [3.8, 4) is 11.3 Å². The molecule has 4 rings (SSSR count). The van der Waals surface area contributed by atoms with Gasteiger partial charge in [0.2, 0.25) is 5.69 Å². The summed E-state index contributed by atoms with van der Waals surface area (Å²) in [6.45, 7) is 4.36. The van der Waals surface area contributed by atoms with Gasteiger partial charge in [0.05, 0.1) is 10.9 Å². The average molecular weight is 304 g/mol. The monoisotopic (exact) mass is 304 g/mol. The molecule has 1 nitrogen and oxygen atoms in total.